The maximum Gasteiger partial charge on any atom is 0.355 e. The highest BCUT2D eigenvalue weighted by Gasteiger charge is 2.30. The summed E-state index contributed by atoms with van der Waals surface area (Å²) >= 11 is 12.6. The van der Waals surface area contributed by atoms with Crippen molar-refractivity contribution in [3.63, 3.8) is 0 Å². The fourth-order valence-electron chi connectivity index (χ4n) is 2.20. The first kappa shape index (κ1) is 17.1. The number of esters is 1. The number of ether oxygens (including phenoxy) is 1. The summed E-state index contributed by atoms with van der Waals surface area (Å²) in [6, 6.07) is 9.67. The molecule has 4 nitrogen and oxygen atoms in total. The topological polar surface area (TPSA) is 66.8 Å². The molecule has 2 N–H and O–H groups in total. The second kappa shape index (κ2) is 6.63. The lowest BCUT2D eigenvalue weighted by Gasteiger charge is -2.07. The summed E-state index contributed by atoms with van der Waals surface area (Å²) < 4.78 is 6.24. The molecular formula is C17H9Br2ClO4. The predicted octanol–water partition coefficient (Wildman–Crippen LogP) is 5.17. The summed E-state index contributed by atoms with van der Waals surface area (Å²) in [7, 11) is 0. The molecular weight excluding hydrogens is 463 g/mol. The van der Waals surface area contributed by atoms with Crippen molar-refractivity contribution in [3.8, 4) is 11.5 Å². The summed E-state index contributed by atoms with van der Waals surface area (Å²) in [4.78, 5) is 11.9. The van der Waals surface area contributed by atoms with Gasteiger partial charge in [-0.3, -0.25) is 0 Å². The minimum atomic E-state index is -0.639. The number of rotatable bonds is 2. The van der Waals surface area contributed by atoms with Crippen LogP contribution in [-0.2, 0) is 9.53 Å². The number of carbonyl (C=O) groups excluding carboxylic acids is 1. The molecule has 7 heteroatoms. The molecule has 122 valence electrons. The van der Waals surface area contributed by atoms with Crippen LogP contribution in [-0.4, -0.2) is 16.2 Å². The van der Waals surface area contributed by atoms with Crippen LogP contribution in [0.4, 0.5) is 0 Å². The van der Waals surface area contributed by atoms with E-state index in [0.29, 0.717) is 31.4 Å². The molecule has 2 aromatic carbocycles. The lowest BCUT2D eigenvalue weighted by molar-refractivity contribution is -0.132. The van der Waals surface area contributed by atoms with Crippen molar-refractivity contribution in [2.45, 2.75) is 0 Å². The number of carbonyl (C=O) groups is 1. The van der Waals surface area contributed by atoms with Gasteiger partial charge in [0, 0.05) is 0 Å². The van der Waals surface area contributed by atoms with Gasteiger partial charge in [-0.05, 0) is 73.3 Å². The van der Waals surface area contributed by atoms with Crippen LogP contribution >= 0.6 is 43.5 Å². The molecule has 1 heterocycles. The molecule has 0 aliphatic carbocycles. The van der Waals surface area contributed by atoms with Crippen LogP contribution in [0.3, 0.4) is 0 Å². The van der Waals surface area contributed by atoms with Gasteiger partial charge in [-0.1, -0.05) is 23.7 Å². The number of phenols is 2. The molecule has 0 unspecified atom stereocenters. The van der Waals surface area contributed by atoms with Gasteiger partial charge >= 0.3 is 5.97 Å². The van der Waals surface area contributed by atoms with Crippen molar-refractivity contribution in [1.29, 1.82) is 0 Å². The Bertz CT molecular complexity index is 919. The molecule has 0 spiro atoms. The summed E-state index contributed by atoms with van der Waals surface area (Å²) in [5, 5.41) is 19.2. The lowest BCUT2D eigenvalue weighted by atomic mass is 10.0. The zero-order chi connectivity index (χ0) is 17.4. The van der Waals surface area contributed by atoms with Crippen LogP contribution in [0.5, 0.6) is 11.5 Å². The van der Waals surface area contributed by atoms with Gasteiger partial charge in [-0.2, -0.15) is 0 Å². The Labute approximate surface area is 159 Å². The number of phenolic OH excluding ortho intramolecular Hbond substituents is 2. The standard InChI is InChI=1S/C17H9Br2ClO4/c18-10-5-8(1-3-12(10)21)6-14-15(16(20)17(23)24-14)9-2-4-13(22)11(19)7-9/h1-7,21-22H/b14-6-. The second-order valence-electron chi connectivity index (χ2n) is 4.96. The Morgan fingerprint density at radius 3 is 2.25 bits per heavy atom. The molecule has 2 aromatic rings. The van der Waals surface area contributed by atoms with Crippen molar-refractivity contribution in [2.24, 2.45) is 0 Å². The smallest absolute Gasteiger partial charge is 0.355 e. The summed E-state index contributed by atoms with van der Waals surface area (Å²) in [5.74, 6) is -0.161. The quantitative estimate of drug-likeness (QED) is 0.592. The molecule has 0 saturated carbocycles. The summed E-state index contributed by atoms with van der Waals surface area (Å²) in [6.07, 6.45) is 1.65. The maximum atomic E-state index is 11.9. The van der Waals surface area contributed by atoms with Gasteiger partial charge in [0.05, 0.1) is 14.5 Å². The molecule has 0 bridgehead atoms. The first-order valence-corrected chi connectivity index (χ1v) is 8.64. The number of aromatic hydroxyl groups is 2. The second-order valence-corrected chi connectivity index (χ2v) is 7.05. The fraction of sp³-hybridized carbons (Fsp3) is 0. The van der Waals surface area contributed by atoms with Crippen molar-refractivity contribution in [3.05, 3.63) is 67.3 Å². The molecule has 24 heavy (non-hydrogen) atoms. The van der Waals surface area contributed by atoms with E-state index in [0.717, 1.165) is 0 Å². The Balaban J connectivity index is 2.10. The van der Waals surface area contributed by atoms with Gasteiger partial charge in [0.15, 0.2) is 0 Å². The predicted molar refractivity (Wildman–Crippen MR) is 98.5 cm³/mol. The number of hydrogen-bond donors (Lipinski definition) is 2. The van der Waals surface area contributed by atoms with E-state index in [1.54, 1.807) is 30.3 Å². The highest BCUT2D eigenvalue weighted by Crippen LogP contribution is 2.40. The molecule has 0 fully saturated rings. The van der Waals surface area contributed by atoms with Crippen molar-refractivity contribution < 1.29 is 19.7 Å². The van der Waals surface area contributed by atoms with E-state index < -0.39 is 5.97 Å². The number of hydrogen-bond acceptors (Lipinski definition) is 4. The Morgan fingerprint density at radius 1 is 1.00 bits per heavy atom. The first-order chi connectivity index (χ1) is 11.4. The van der Waals surface area contributed by atoms with Crippen LogP contribution in [0.1, 0.15) is 11.1 Å². The molecule has 1 aliphatic rings. The minimum Gasteiger partial charge on any atom is -0.507 e. The Morgan fingerprint density at radius 2 is 1.62 bits per heavy atom. The SMILES string of the molecule is O=C1O/C(=C\c2ccc(O)c(Br)c2)C(c2ccc(O)c(Br)c2)=C1Cl. The summed E-state index contributed by atoms with van der Waals surface area (Å²) in [5.41, 5.74) is 1.77. The number of benzene rings is 2. The van der Waals surface area contributed by atoms with E-state index in [4.69, 9.17) is 16.3 Å². The first-order valence-electron chi connectivity index (χ1n) is 6.68. The molecule has 0 atom stereocenters. The minimum absolute atomic E-state index is 0.0308. The van der Waals surface area contributed by atoms with Gasteiger partial charge < -0.3 is 14.9 Å². The summed E-state index contributed by atoms with van der Waals surface area (Å²) in [6.45, 7) is 0. The highest BCUT2D eigenvalue weighted by molar-refractivity contribution is 9.10. The third-order valence-corrected chi connectivity index (χ3v) is 4.97. The van der Waals surface area contributed by atoms with Gasteiger partial charge in [0.2, 0.25) is 0 Å². The van der Waals surface area contributed by atoms with Crippen molar-refractivity contribution >= 4 is 61.1 Å². The van der Waals surface area contributed by atoms with Crippen LogP contribution in [0.2, 0.25) is 0 Å². The number of cyclic esters (lactones) is 1. The van der Waals surface area contributed by atoms with E-state index >= 15 is 0 Å². The third-order valence-electron chi connectivity index (χ3n) is 3.35. The lowest BCUT2D eigenvalue weighted by Crippen LogP contribution is -1.93. The van der Waals surface area contributed by atoms with E-state index in [9.17, 15) is 15.0 Å². The van der Waals surface area contributed by atoms with E-state index in [2.05, 4.69) is 31.9 Å². The molecule has 1 aliphatic heterocycles. The average molecular weight is 473 g/mol. The Kier molecular flexibility index (Phi) is 4.71. The monoisotopic (exact) mass is 470 g/mol. The molecule has 0 aromatic heterocycles. The van der Waals surface area contributed by atoms with Crippen LogP contribution in [0, 0.1) is 0 Å². The molecule has 0 amide bonds. The average Bonchev–Trinajstić information content (AvgIpc) is 2.81. The fourth-order valence-corrected chi connectivity index (χ4v) is 3.22. The van der Waals surface area contributed by atoms with Crippen LogP contribution < -0.4 is 0 Å². The molecule has 0 radical (unpaired) electrons. The maximum absolute atomic E-state index is 11.9. The van der Waals surface area contributed by atoms with Gasteiger partial charge in [0.25, 0.3) is 0 Å². The third kappa shape index (κ3) is 3.22. The van der Waals surface area contributed by atoms with E-state index in [1.165, 1.54) is 12.1 Å². The van der Waals surface area contributed by atoms with Gasteiger partial charge in [0.1, 0.15) is 22.3 Å². The van der Waals surface area contributed by atoms with Crippen molar-refractivity contribution in [1.82, 2.24) is 0 Å². The van der Waals surface area contributed by atoms with E-state index in [1.807, 2.05) is 0 Å². The molecule has 3 rings (SSSR count). The number of allylic oxidation sites excluding steroid dienone is 1. The van der Waals surface area contributed by atoms with Crippen molar-refractivity contribution in [2.75, 3.05) is 0 Å². The normalized spacial score (nSPS) is 16.0. The van der Waals surface area contributed by atoms with Crippen LogP contribution in [0.15, 0.2) is 56.1 Å². The molecule has 0 saturated heterocycles. The van der Waals surface area contributed by atoms with Crippen LogP contribution in [0.25, 0.3) is 11.6 Å². The van der Waals surface area contributed by atoms with Gasteiger partial charge in [-0.25, -0.2) is 4.79 Å². The van der Waals surface area contributed by atoms with E-state index in [-0.39, 0.29) is 16.5 Å². The Hall–Kier alpha value is -1.76. The number of halogens is 3. The largest absolute Gasteiger partial charge is 0.507 e. The zero-order valence-electron chi connectivity index (χ0n) is 11.9. The zero-order valence-corrected chi connectivity index (χ0v) is 15.8. The van der Waals surface area contributed by atoms with Gasteiger partial charge in [-0.15, -0.1) is 0 Å². The highest BCUT2D eigenvalue weighted by atomic mass is 79.9.